The number of hydrogen-bond acceptors (Lipinski definition) is 5. The monoisotopic (exact) mass is 396 g/mol. The molecule has 7 heteroatoms. The van der Waals surface area contributed by atoms with E-state index in [0.717, 1.165) is 53.3 Å². The summed E-state index contributed by atoms with van der Waals surface area (Å²) in [7, 11) is 0.551. The highest BCUT2D eigenvalue weighted by molar-refractivity contribution is 7.51. The Balaban J connectivity index is 1.42. The molecule has 0 aliphatic carbocycles. The second-order valence-corrected chi connectivity index (χ2v) is 9.61. The molecule has 0 saturated carbocycles. The van der Waals surface area contributed by atoms with Crippen LogP contribution in [0.1, 0.15) is 10.6 Å². The number of piperazine rings is 1. The predicted octanol–water partition coefficient (Wildman–Crippen LogP) is 3.11. The first-order valence-electron chi connectivity index (χ1n) is 9.21. The Morgan fingerprint density at radius 2 is 2.15 bits per heavy atom. The molecule has 1 N–H and O–H groups in total. The van der Waals surface area contributed by atoms with Gasteiger partial charge < -0.3 is 15.1 Å². The second-order valence-electron chi connectivity index (χ2n) is 6.96. The van der Waals surface area contributed by atoms with Gasteiger partial charge in [-0.25, -0.2) is 4.98 Å². The van der Waals surface area contributed by atoms with Gasteiger partial charge in [0.25, 0.3) is 5.91 Å². The smallest absolute Gasteiger partial charge is 0.252 e. The fraction of sp³-hybridized carbons (Fsp3) is 0.300. The van der Waals surface area contributed by atoms with Gasteiger partial charge >= 0.3 is 0 Å². The number of rotatable bonds is 2. The van der Waals surface area contributed by atoms with E-state index in [2.05, 4.69) is 45.6 Å². The Morgan fingerprint density at radius 3 is 3.00 bits per heavy atom. The van der Waals surface area contributed by atoms with Gasteiger partial charge in [-0.3, -0.25) is 4.79 Å². The van der Waals surface area contributed by atoms with Crippen LogP contribution >= 0.6 is 19.9 Å². The standard InChI is InChI=1S/C20H21N4OPS/c1-13-22-16-4-2-14(10-18(16)27-13)17-11-19(25)24-12-15(3-5-20(24)26-17)23-8-6-21-7-9-23/h2-5,10-12,20-21,26H,6-9H2,1H3. The molecule has 1 amide bonds. The van der Waals surface area contributed by atoms with E-state index in [1.54, 1.807) is 11.3 Å². The number of carbonyl (C=O) groups is 1. The first kappa shape index (κ1) is 17.1. The molecule has 4 heterocycles. The summed E-state index contributed by atoms with van der Waals surface area (Å²) in [6, 6.07) is 6.34. The van der Waals surface area contributed by atoms with E-state index < -0.39 is 0 Å². The van der Waals surface area contributed by atoms with E-state index in [9.17, 15) is 4.79 Å². The molecule has 27 heavy (non-hydrogen) atoms. The van der Waals surface area contributed by atoms with Gasteiger partial charge in [0.1, 0.15) is 0 Å². The van der Waals surface area contributed by atoms with Gasteiger partial charge in [0, 0.05) is 38.5 Å². The highest BCUT2D eigenvalue weighted by Gasteiger charge is 2.29. The third-order valence-electron chi connectivity index (χ3n) is 5.13. The molecule has 2 aromatic rings. The van der Waals surface area contributed by atoms with Crippen molar-refractivity contribution in [2.45, 2.75) is 12.7 Å². The van der Waals surface area contributed by atoms with Crippen LogP contribution in [0.3, 0.4) is 0 Å². The van der Waals surface area contributed by atoms with E-state index in [4.69, 9.17) is 0 Å². The van der Waals surface area contributed by atoms with Crippen molar-refractivity contribution in [3.8, 4) is 0 Å². The van der Waals surface area contributed by atoms with Crippen molar-refractivity contribution in [2.24, 2.45) is 0 Å². The molecular weight excluding hydrogens is 375 g/mol. The quantitative estimate of drug-likeness (QED) is 0.793. The normalized spacial score (nSPS) is 23.6. The Kier molecular flexibility index (Phi) is 4.35. The predicted molar refractivity (Wildman–Crippen MR) is 113 cm³/mol. The molecule has 1 aromatic carbocycles. The molecule has 138 valence electrons. The molecule has 3 aliphatic rings. The molecule has 5 rings (SSSR count). The van der Waals surface area contributed by atoms with Crippen LogP contribution in [0.2, 0.25) is 0 Å². The zero-order valence-electron chi connectivity index (χ0n) is 15.1. The Morgan fingerprint density at radius 1 is 1.30 bits per heavy atom. The van der Waals surface area contributed by atoms with Gasteiger partial charge in [0.2, 0.25) is 0 Å². The van der Waals surface area contributed by atoms with E-state index in [1.165, 1.54) is 4.70 Å². The zero-order chi connectivity index (χ0) is 18.4. The van der Waals surface area contributed by atoms with Crippen molar-refractivity contribution in [2.75, 3.05) is 26.2 Å². The molecule has 0 radical (unpaired) electrons. The number of hydrogen-bond donors (Lipinski definition) is 1. The largest absolute Gasteiger partial charge is 0.368 e. The number of fused-ring (bicyclic) bond motifs is 2. The Labute approximate surface area is 164 Å². The van der Waals surface area contributed by atoms with Crippen LogP contribution in [0.4, 0.5) is 0 Å². The molecule has 1 aromatic heterocycles. The van der Waals surface area contributed by atoms with E-state index >= 15 is 0 Å². The molecule has 2 atom stereocenters. The topological polar surface area (TPSA) is 48.5 Å². The van der Waals surface area contributed by atoms with Gasteiger partial charge in [-0.15, -0.1) is 11.3 Å². The van der Waals surface area contributed by atoms with Gasteiger partial charge in [-0.05, 0) is 36.0 Å². The van der Waals surface area contributed by atoms with Crippen molar-refractivity contribution in [3.63, 3.8) is 0 Å². The van der Waals surface area contributed by atoms with Crippen molar-refractivity contribution < 1.29 is 4.79 Å². The molecule has 1 saturated heterocycles. The molecule has 3 aliphatic heterocycles. The number of allylic oxidation sites excluding steroid dienone is 1. The molecule has 0 spiro atoms. The van der Waals surface area contributed by atoms with E-state index in [1.807, 2.05) is 24.1 Å². The minimum atomic E-state index is 0.0753. The van der Waals surface area contributed by atoms with Crippen LogP contribution in [0, 0.1) is 6.92 Å². The minimum absolute atomic E-state index is 0.0753. The maximum Gasteiger partial charge on any atom is 0.252 e. The number of carbonyl (C=O) groups excluding carboxylic acids is 1. The summed E-state index contributed by atoms with van der Waals surface area (Å²) in [5, 5.41) is 5.58. The van der Waals surface area contributed by atoms with Gasteiger partial charge in [0.05, 0.1) is 26.7 Å². The molecule has 0 bridgehead atoms. The maximum absolute atomic E-state index is 12.8. The van der Waals surface area contributed by atoms with Crippen molar-refractivity contribution >= 4 is 41.4 Å². The third kappa shape index (κ3) is 3.22. The summed E-state index contributed by atoms with van der Waals surface area (Å²) in [5.74, 6) is 0.203. The number of amides is 1. The number of aryl methyl sites for hydroxylation is 1. The number of thiazole rings is 1. The van der Waals surface area contributed by atoms with Crippen LogP contribution in [0.25, 0.3) is 15.5 Å². The first-order valence-corrected chi connectivity index (χ1v) is 11.1. The first-order chi connectivity index (χ1) is 13.2. The lowest BCUT2D eigenvalue weighted by atomic mass is 10.1. The Hall–Kier alpha value is -2.01. The summed E-state index contributed by atoms with van der Waals surface area (Å²) < 4.78 is 1.19. The fourth-order valence-corrected chi connectivity index (χ4v) is 6.00. The molecule has 1 fully saturated rings. The van der Waals surface area contributed by atoms with Crippen LogP contribution < -0.4 is 5.32 Å². The van der Waals surface area contributed by atoms with Crippen molar-refractivity contribution in [1.82, 2.24) is 20.1 Å². The lowest BCUT2D eigenvalue weighted by Gasteiger charge is -2.37. The van der Waals surface area contributed by atoms with Gasteiger partial charge in [-0.2, -0.15) is 0 Å². The van der Waals surface area contributed by atoms with Crippen LogP contribution in [-0.4, -0.2) is 52.7 Å². The number of nitrogens with one attached hydrogen (secondary N) is 1. The zero-order valence-corrected chi connectivity index (χ0v) is 16.9. The molecular formula is C20H21N4OPS. The average Bonchev–Trinajstić information content (AvgIpc) is 3.07. The third-order valence-corrected chi connectivity index (χ3v) is 7.58. The van der Waals surface area contributed by atoms with Gasteiger partial charge in [0.15, 0.2) is 0 Å². The summed E-state index contributed by atoms with van der Waals surface area (Å²) >= 11 is 1.71. The molecule has 2 unspecified atom stereocenters. The second kappa shape index (κ2) is 6.86. The van der Waals surface area contributed by atoms with Crippen LogP contribution in [-0.2, 0) is 4.79 Å². The maximum atomic E-state index is 12.8. The van der Waals surface area contributed by atoms with Crippen LogP contribution in [0.5, 0.6) is 0 Å². The van der Waals surface area contributed by atoms with Crippen molar-refractivity contribution in [3.05, 3.63) is 58.9 Å². The highest BCUT2D eigenvalue weighted by Crippen LogP contribution is 2.45. The van der Waals surface area contributed by atoms with Crippen LogP contribution in [0.15, 0.2) is 48.3 Å². The summed E-state index contributed by atoms with van der Waals surface area (Å²) in [6.45, 7) is 5.99. The SMILES string of the molecule is Cc1nc2ccc(C3=CC(=O)N4C=C(N5CCNCC5)C=CC4P3)cc2s1. The van der Waals surface area contributed by atoms with E-state index in [-0.39, 0.29) is 11.7 Å². The molecule has 5 nitrogen and oxygen atoms in total. The van der Waals surface area contributed by atoms with E-state index in [0.29, 0.717) is 8.58 Å². The lowest BCUT2D eigenvalue weighted by molar-refractivity contribution is -0.123. The summed E-state index contributed by atoms with van der Waals surface area (Å²) in [5.41, 5.74) is 3.32. The fourth-order valence-electron chi connectivity index (χ4n) is 3.75. The number of nitrogens with zero attached hydrogens (tertiary/aromatic N) is 3. The summed E-state index contributed by atoms with van der Waals surface area (Å²) in [6.07, 6.45) is 8.23. The Bertz CT molecular complexity index is 1000. The summed E-state index contributed by atoms with van der Waals surface area (Å²) in [4.78, 5) is 21.6. The minimum Gasteiger partial charge on any atom is -0.368 e. The highest BCUT2D eigenvalue weighted by atomic mass is 32.1. The lowest BCUT2D eigenvalue weighted by Crippen LogP contribution is -2.44. The number of benzene rings is 1. The average molecular weight is 396 g/mol. The number of aromatic nitrogens is 1. The van der Waals surface area contributed by atoms with Gasteiger partial charge in [-0.1, -0.05) is 20.7 Å². The van der Waals surface area contributed by atoms with Crippen molar-refractivity contribution in [1.29, 1.82) is 0 Å².